The summed E-state index contributed by atoms with van der Waals surface area (Å²) in [5, 5.41) is 0.602. The Morgan fingerprint density at radius 1 is 0.973 bits per heavy atom. The third-order valence-electron chi connectivity index (χ3n) is 5.63. The molecule has 0 N–H and O–H groups in total. The third kappa shape index (κ3) is 4.80. The van der Waals surface area contributed by atoms with Gasteiger partial charge in [0.15, 0.2) is 5.69 Å². The molecule has 0 saturated heterocycles. The number of nitrogens with zero attached hydrogens (tertiary/aromatic N) is 1. The first-order chi connectivity index (χ1) is 17.7. The molecule has 1 heterocycles. The van der Waals surface area contributed by atoms with Gasteiger partial charge in [0.05, 0.1) is 36.0 Å². The minimum atomic E-state index is -4.34. The van der Waals surface area contributed by atoms with Crippen LogP contribution in [0.1, 0.15) is 24.3 Å². The zero-order valence-electron chi connectivity index (χ0n) is 20.4. The van der Waals surface area contributed by atoms with Gasteiger partial charge in [-0.05, 0) is 68.4 Å². The molecule has 0 spiro atoms. The first kappa shape index (κ1) is 26.9. The highest BCUT2D eigenvalue weighted by molar-refractivity contribution is 7.90. The number of rotatable bonds is 9. The Hall–Kier alpha value is -3.10. The zero-order chi connectivity index (χ0) is 26.8. The molecule has 3 aromatic carbocycles. The summed E-state index contributed by atoms with van der Waals surface area (Å²) in [7, 11) is -6.92. The van der Waals surface area contributed by atoms with Crippen LogP contribution in [0.25, 0.3) is 10.9 Å². The van der Waals surface area contributed by atoms with E-state index in [4.69, 9.17) is 25.6 Å². The molecule has 0 aliphatic carbocycles. The number of carbonyl (C=O) groups is 1. The van der Waals surface area contributed by atoms with E-state index in [1.807, 2.05) is 0 Å². The maximum Gasteiger partial charge on any atom is 0.356 e. The van der Waals surface area contributed by atoms with Gasteiger partial charge in [-0.25, -0.2) is 17.2 Å². The van der Waals surface area contributed by atoms with Crippen LogP contribution in [-0.2, 0) is 23.8 Å². The summed E-state index contributed by atoms with van der Waals surface area (Å²) in [6.45, 7) is 3.24. The van der Waals surface area contributed by atoms with Crippen LogP contribution in [0.3, 0.4) is 0 Å². The van der Waals surface area contributed by atoms with Crippen molar-refractivity contribution in [2.75, 3.05) is 20.3 Å². The van der Waals surface area contributed by atoms with Gasteiger partial charge in [0.25, 0.3) is 17.4 Å². The molecular weight excluding hydrogens is 537 g/mol. The van der Waals surface area contributed by atoms with Crippen LogP contribution >= 0.6 is 19.0 Å². The first-order valence-corrected chi connectivity index (χ1v) is 14.8. The number of aromatic nitrogens is 1. The Morgan fingerprint density at radius 2 is 1.65 bits per heavy atom. The van der Waals surface area contributed by atoms with Gasteiger partial charge in [-0.2, -0.15) is 0 Å². The molecule has 37 heavy (non-hydrogen) atoms. The van der Waals surface area contributed by atoms with Gasteiger partial charge in [-0.1, -0.05) is 29.8 Å². The number of carbonyl (C=O) groups excluding carboxylic acids is 1. The van der Waals surface area contributed by atoms with Crippen molar-refractivity contribution in [2.24, 2.45) is 0 Å². The van der Waals surface area contributed by atoms with E-state index >= 15 is 0 Å². The molecule has 0 amide bonds. The van der Waals surface area contributed by atoms with Gasteiger partial charge < -0.3 is 14.0 Å². The average Bonchev–Trinajstić information content (AvgIpc) is 3.25. The third-order valence-corrected chi connectivity index (χ3v) is 10.2. The lowest BCUT2D eigenvalue weighted by atomic mass is 10.2. The molecule has 0 bridgehead atoms. The van der Waals surface area contributed by atoms with Crippen LogP contribution in [0.2, 0.25) is 5.02 Å². The summed E-state index contributed by atoms with van der Waals surface area (Å²) >= 11 is 6.32. The van der Waals surface area contributed by atoms with E-state index in [1.165, 1.54) is 37.4 Å². The van der Waals surface area contributed by atoms with Crippen LogP contribution in [-0.4, -0.2) is 38.7 Å². The quantitative estimate of drug-likeness (QED) is 0.210. The molecule has 194 valence electrons. The zero-order valence-corrected chi connectivity index (χ0v) is 22.8. The molecule has 11 heteroatoms. The number of ether oxygens (including phenoxy) is 2. The van der Waals surface area contributed by atoms with E-state index in [0.717, 1.165) is 3.97 Å². The number of fused-ring (bicyclic) bond motifs is 1. The van der Waals surface area contributed by atoms with Gasteiger partial charge in [0.2, 0.25) is 0 Å². The highest BCUT2D eigenvalue weighted by Gasteiger charge is 2.41. The molecule has 4 aromatic rings. The first-order valence-electron chi connectivity index (χ1n) is 11.4. The number of hydrogen-bond donors (Lipinski definition) is 0. The van der Waals surface area contributed by atoms with Gasteiger partial charge in [0.1, 0.15) is 5.75 Å². The van der Waals surface area contributed by atoms with Gasteiger partial charge >= 0.3 is 5.97 Å². The van der Waals surface area contributed by atoms with Crippen LogP contribution in [0.5, 0.6) is 5.75 Å². The maximum atomic E-state index is 14.8. The molecular formula is C26H25ClNO7PS. The lowest BCUT2D eigenvalue weighted by Gasteiger charge is -2.20. The molecule has 1 atom stereocenters. The fourth-order valence-electron chi connectivity index (χ4n) is 4.07. The highest BCUT2D eigenvalue weighted by atomic mass is 35.5. The highest BCUT2D eigenvalue weighted by Crippen LogP contribution is 2.49. The summed E-state index contributed by atoms with van der Waals surface area (Å²) in [4.78, 5) is 13.4. The maximum absolute atomic E-state index is 14.8. The number of methoxy groups -OCH3 is 1. The second-order valence-electron chi connectivity index (χ2n) is 7.83. The number of benzene rings is 3. The van der Waals surface area contributed by atoms with E-state index in [1.54, 1.807) is 56.3 Å². The van der Waals surface area contributed by atoms with Crippen molar-refractivity contribution in [1.29, 1.82) is 0 Å². The molecule has 0 radical (unpaired) electrons. The summed E-state index contributed by atoms with van der Waals surface area (Å²) in [6.07, 6.45) is 0. The Kier molecular flexibility index (Phi) is 7.80. The molecule has 0 saturated carbocycles. The molecule has 0 aliphatic rings. The van der Waals surface area contributed by atoms with Crippen molar-refractivity contribution < 1.29 is 31.8 Å². The minimum Gasteiger partial charge on any atom is -0.497 e. The summed E-state index contributed by atoms with van der Waals surface area (Å²) in [6, 6.07) is 18.4. The van der Waals surface area contributed by atoms with Crippen molar-refractivity contribution in [2.45, 2.75) is 18.7 Å². The van der Waals surface area contributed by atoms with E-state index in [0.29, 0.717) is 5.75 Å². The van der Waals surface area contributed by atoms with Gasteiger partial charge in [0, 0.05) is 15.7 Å². The Labute approximate surface area is 220 Å². The predicted molar refractivity (Wildman–Crippen MR) is 143 cm³/mol. The monoisotopic (exact) mass is 561 g/mol. The summed E-state index contributed by atoms with van der Waals surface area (Å²) in [5.74, 6) is -0.438. The van der Waals surface area contributed by atoms with E-state index in [-0.39, 0.29) is 44.6 Å². The Balaban J connectivity index is 2.19. The van der Waals surface area contributed by atoms with Crippen LogP contribution in [0.15, 0.2) is 77.7 Å². The molecule has 8 nitrogen and oxygen atoms in total. The SMILES string of the molecule is CCOC(=O)c1c(P(=O)(OCC)c2ccc(OC)cc2)c2cc(Cl)ccc2n1S(=O)(=O)c1ccccc1. The standard InChI is InChI=1S/C26H25ClNO7PS/c1-4-34-26(29)24-25(36(30,35-5-2)20-14-12-19(33-3)13-15-20)22-17-18(27)11-16-23(22)28(24)37(31,32)21-9-7-6-8-10-21/h6-17H,4-5H2,1-3H3. The minimum absolute atomic E-state index is 0.0181. The largest absolute Gasteiger partial charge is 0.497 e. The summed E-state index contributed by atoms with van der Waals surface area (Å²) < 4.78 is 60.0. The van der Waals surface area contributed by atoms with Crippen LogP contribution < -0.4 is 15.3 Å². The van der Waals surface area contributed by atoms with Crippen LogP contribution in [0, 0.1) is 0 Å². The van der Waals surface area contributed by atoms with Gasteiger partial charge in [-0.15, -0.1) is 0 Å². The van der Waals surface area contributed by atoms with Crippen molar-refractivity contribution in [3.63, 3.8) is 0 Å². The van der Waals surface area contributed by atoms with Gasteiger partial charge in [-0.3, -0.25) is 4.57 Å². The smallest absolute Gasteiger partial charge is 0.356 e. The van der Waals surface area contributed by atoms with Crippen molar-refractivity contribution in [3.8, 4) is 5.75 Å². The van der Waals surface area contributed by atoms with Crippen molar-refractivity contribution in [3.05, 3.63) is 83.5 Å². The number of halogens is 1. The van der Waals surface area contributed by atoms with Crippen LogP contribution in [0.4, 0.5) is 0 Å². The van der Waals surface area contributed by atoms with E-state index in [9.17, 15) is 17.8 Å². The number of hydrogen-bond acceptors (Lipinski definition) is 7. The van der Waals surface area contributed by atoms with E-state index in [2.05, 4.69) is 0 Å². The fourth-order valence-corrected chi connectivity index (χ4v) is 8.26. The number of esters is 1. The Morgan fingerprint density at radius 3 is 2.24 bits per heavy atom. The second-order valence-corrected chi connectivity index (χ2v) is 12.4. The lowest BCUT2D eigenvalue weighted by Crippen LogP contribution is -2.28. The molecule has 1 aromatic heterocycles. The Bertz CT molecular complexity index is 1600. The molecule has 1 unspecified atom stereocenters. The molecule has 0 fully saturated rings. The van der Waals surface area contributed by atoms with Crippen molar-refractivity contribution in [1.82, 2.24) is 3.97 Å². The predicted octanol–water partition coefficient (Wildman–Crippen LogP) is 4.98. The molecule has 4 rings (SSSR count). The average molecular weight is 562 g/mol. The fraction of sp³-hybridized carbons (Fsp3) is 0.192. The topological polar surface area (TPSA) is 101 Å². The molecule has 0 aliphatic heterocycles. The second kappa shape index (κ2) is 10.7. The summed E-state index contributed by atoms with van der Waals surface area (Å²) in [5.41, 5.74) is -0.296. The normalized spacial score (nSPS) is 13.3. The van der Waals surface area contributed by atoms with E-state index < -0.39 is 29.1 Å². The lowest BCUT2D eigenvalue weighted by molar-refractivity contribution is 0.0520. The van der Waals surface area contributed by atoms with Crippen molar-refractivity contribution >= 4 is 56.5 Å².